The zero-order valence-electron chi connectivity index (χ0n) is 13.6. The van der Waals surface area contributed by atoms with Crippen molar-refractivity contribution in [1.29, 1.82) is 0 Å². The first-order valence-electron chi connectivity index (χ1n) is 7.93. The second kappa shape index (κ2) is 7.18. The first-order chi connectivity index (χ1) is 12.5. The fourth-order valence-corrected chi connectivity index (χ4v) is 2.75. The zero-order valence-corrected chi connectivity index (χ0v) is 13.6. The molecule has 1 unspecified atom stereocenters. The number of hydrogen-bond acceptors (Lipinski definition) is 6. The molecule has 1 aromatic heterocycles. The van der Waals surface area contributed by atoms with Gasteiger partial charge in [0.15, 0.2) is 0 Å². The Kier molecular flexibility index (Phi) is 4.78. The van der Waals surface area contributed by atoms with Crippen LogP contribution in [0.3, 0.4) is 0 Å². The number of benzene rings is 1. The van der Waals surface area contributed by atoms with E-state index in [0.29, 0.717) is 16.6 Å². The van der Waals surface area contributed by atoms with Crippen LogP contribution in [0, 0.1) is 0 Å². The number of carbonyl (C=O) groups is 4. The molecule has 4 N–H and O–H groups in total. The summed E-state index contributed by atoms with van der Waals surface area (Å²) in [6, 6.07) is 5.71. The molecule has 1 aliphatic rings. The molecule has 1 fully saturated rings. The van der Waals surface area contributed by atoms with Crippen molar-refractivity contribution in [2.45, 2.75) is 18.9 Å². The van der Waals surface area contributed by atoms with Crippen LogP contribution in [0.5, 0.6) is 0 Å². The van der Waals surface area contributed by atoms with Crippen LogP contribution in [0.1, 0.15) is 23.2 Å². The summed E-state index contributed by atoms with van der Waals surface area (Å²) in [4.78, 5) is 50.6. The maximum absolute atomic E-state index is 12.6. The Morgan fingerprint density at radius 3 is 2.81 bits per heavy atom. The molecule has 2 aromatic rings. The van der Waals surface area contributed by atoms with E-state index in [0.717, 1.165) is 0 Å². The smallest absolute Gasteiger partial charge is 0.322 e. The minimum Gasteiger partial charge on any atom is -0.480 e. The van der Waals surface area contributed by atoms with Gasteiger partial charge in [0.2, 0.25) is 11.8 Å². The van der Waals surface area contributed by atoms with Crippen molar-refractivity contribution in [3.8, 4) is 0 Å². The van der Waals surface area contributed by atoms with Gasteiger partial charge in [-0.3, -0.25) is 29.5 Å². The lowest BCUT2D eigenvalue weighted by molar-refractivity contribution is -0.136. The van der Waals surface area contributed by atoms with Gasteiger partial charge in [-0.1, -0.05) is 0 Å². The fraction of sp³-hybridized carbons (Fsp3) is 0.235. The van der Waals surface area contributed by atoms with E-state index in [2.05, 4.69) is 20.9 Å². The topological polar surface area (TPSA) is 137 Å². The lowest BCUT2D eigenvalue weighted by Crippen LogP contribution is -2.52. The molecule has 9 heteroatoms. The van der Waals surface area contributed by atoms with Crippen molar-refractivity contribution in [1.82, 2.24) is 15.6 Å². The Balaban J connectivity index is 1.87. The third-order valence-corrected chi connectivity index (χ3v) is 3.99. The van der Waals surface area contributed by atoms with Gasteiger partial charge >= 0.3 is 5.97 Å². The molecule has 0 bridgehead atoms. The SMILES string of the molecule is O=C(O)CNc1ccc(C(=O)NC2CCC(=O)NC2=O)c2ncccc12. The van der Waals surface area contributed by atoms with E-state index in [9.17, 15) is 19.2 Å². The number of amides is 3. The number of carboxylic acids is 1. The molecule has 1 saturated heterocycles. The molecule has 0 spiro atoms. The van der Waals surface area contributed by atoms with Gasteiger partial charge in [-0.25, -0.2) is 0 Å². The number of imide groups is 1. The molecule has 0 aliphatic carbocycles. The Morgan fingerprint density at radius 2 is 2.08 bits per heavy atom. The number of aromatic nitrogens is 1. The van der Waals surface area contributed by atoms with Crippen LogP contribution in [-0.4, -0.2) is 46.4 Å². The Bertz CT molecular complexity index is 911. The molecular weight excluding hydrogens is 340 g/mol. The van der Waals surface area contributed by atoms with Crippen LogP contribution in [0.25, 0.3) is 10.9 Å². The number of fused-ring (bicyclic) bond motifs is 1. The number of hydrogen-bond donors (Lipinski definition) is 4. The summed E-state index contributed by atoms with van der Waals surface area (Å²) in [5.74, 6) is -2.40. The summed E-state index contributed by atoms with van der Waals surface area (Å²) in [5, 5.41) is 17.0. The van der Waals surface area contributed by atoms with E-state index in [1.54, 1.807) is 18.2 Å². The van der Waals surface area contributed by atoms with Gasteiger partial charge in [0.05, 0.1) is 11.1 Å². The molecule has 0 radical (unpaired) electrons. The van der Waals surface area contributed by atoms with Crippen molar-refractivity contribution in [2.24, 2.45) is 0 Å². The summed E-state index contributed by atoms with van der Waals surface area (Å²) in [6.07, 6.45) is 1.92. The summed E-state index contributed by atoms with van der Waals surface area (Å²) in [5.41, 5.74) is 1.17. The standard InChI is InChI=1S/C17H16N4O5/c22-13-6-5-12(17(26)21-13)20-16(25)10-3-4-11(19-8-14(23)24)9-2-1-7-18-15(9)10/h1-4,7,12,19H,5-6,8H2,(H,20,25)(H,23,24)(H,21,22,26). The van der Waals surface area contributed by atoms with E-state index in [1.807, 2.05) is 0 Å². The minimum atomic E-state index is -1.01. The van der Waals surface area contributed by atoms with Crippen LogP contribution in [0.15, 0.2) is 30.5 Å². The van der Waals surface area contributed by atoms with Gasteiger partial charge in [0, 0.05) is 23.7 Å². The second-order valence-corrected chi connectivity index (χ2v) is 5.78. The molecular formula is C17H16N4O5. The number of anilines is 1. The summed E-state index contributed by atoms with van der Waals surface area (Å²) >= 11 is 0. The van der Waals surface area contributed by atoms with Gasteiger partial charge in [0.1, 0.15) is 12.6 Å². The third-order valence-electron chi connectivity index (χ3n) is 3.99. The van der Waals surface area contributed by atoms with E-state index in [4.69, 9.17) is 5.11 Å². The molecule has 9 nitrogen and oxygen atoms in total. The first kappa shape index (κ1) is 17.3. The third kappa shape index (κ3) is 3.61. The average Bonchev–Trinajstić information content (AvgIpc) is 2.61. The summed E-state index contributed by atoms with van der Waals surface area (Å²) < 4.78 is 0. The van der Waals surface area contributed by atoms with Crippen molar-refractivity contribution in [2.75, 3.05) is 11.9 Å². The number of carbonyl (C=O) groups excluding carboxylic acids is 3. The quantitative estimate of drug-likeness (QED) is 0.564. The van der Waals surface area contributed by atoms with E-state index in [1.165, 1.54) is 12.3 Å². The van der Waals surface area contributed by atoms with Gasteiger partial charge in [0.25, 0.3) is 5.91 Å². The summed E-state index contributed by atoms with van der Waals surface area (Å²) in [6.45, 7) is -0.272. The predicted molar refractivity (Wildman–Crippen MR) is 91.5 cm³/mol. The van der Waals surface area contributed by atoms with Gasteiger partial charge in [-0.2, -0.15) is 0 Å². The molecule has 3 rings (SSSR count). The normalized spacial score (nSPS) is 16.8. The Hall–Kier alpha value is -3.49. The molecule has 2 heterocycles. The van der Waals surface area contributed by atoms with Crippen LogP contribution in [0.2, 0.25) is 0 Å². The van der Waals surface area contributed by atoms with Crippen molar-refractivity contribution >= 4 is 40.3 Å². The highest BCUT2D eigenvalue weighted by Gasteiger charge is 2.28. The van der Waals surface area contributed by atoms with Crippen LogP contribution < -0.4 is 16.0 Å². The molecule has 1 atom stereocenters. The predicted octanol–water partition coefficient (Wildman–Crippen LogP) is 0.266. The number of piperidine rings is 1. The fourth-order valence-electron chi connectivity index (χ4n) is 2.75. The molecule has 134 valence electrons. The molecule has 26 heavy (non-hydrogen) atoms. The highest BCUT2D eigenvalue weighted by molar-refractivity contribution is 6.10. The summed E-state index contributed by atoms with van der Waals surface area (Å²) in [7, 11) is 0. The lowest BCUT2D eigenvalue weighted by atomic mass is 10.0. The van der Waals surface area contributed by atoms with Gasteiger partial charge in [-0.05, 0) is 30.7 Å². The number of aliphatic carboxylic acids is 1. The maximum Gasteiger partial charge on any atom is 0.322 e. The number of nitrogens with one attached hydrogen (secondary N) is 3. The number of pyridine rings is 1. The van der Waals surface area contributed by atoms with Gasteiger partial charge < -0.3 is 15.7 Å². The lowest BCUT2D eigenvalue weighted by Gasteiger charge is -2.22. The highest BCUT2D eigenvalue weighted by atomic mass is 16.4. The number of carboxylic acid groups (broad SMARTS) is 1. The van der Waals surface area contributed by atoms with Gasteiger partial charge in [-0.15, -0.1) is 0 Å². The molecule has 0 saturated carbocycles. The minimum absolute atomic E-state index is 0.160. The Morgan fingerprint density at radius 1 is 1.27 bits per heavy atom. The molecule has 1 aromatic carbocycles. The average molecular weight is 356 g/mol. The van der Waals surface area contributed by atoms with E-state index in [-0.39, 0.29) is 30.9 Å². The zero-order chi connectivity index (χ0) is 18.7. The van der Waals surface area contributed by atoms with Crippen molar-refractivity contribution in [3.05, 3.63) is 36.0 Å². The number of nitrogens with zero attached hydrogens (tertiary/aromatic N) is 1. The van der Waals surface area contributed by atoms with Crippen LogP contribution in [-0.2, 0) is 14.4 Å². The largest absolute Gasteiger partial charge is 0.480 e. The Labute approximate surface area is 147 Å². The molecule has 1 aliphatic heterocycles. The number of rotatable bonds is 5. The van der Waals surface area contributed by atoms with E-state index >= 15 is 0 Å². The monoisotopic (exact) mass is 356 g/mol. The first-order valence-corrected chi connectivity index (χ1v) is 7.93. The second-order valence-electron chi connectivity index (χ2n) is 5.78. The molecule has 3 amide bonds. The highest BCUT2D eigenvalue weighted by Crippen LogP contribution is 2.25. The maximum atomic E-state index is 12.6. The van der Waals surface area contributed by atoms with Crippen molar-refractivity contribution < 1.29 is 24.3 Å². The van der Waals surface area contributed by atoms with Crippen molar-refractivity contribution in [3.63, 3.8) is 0 Å². The van der Waals surface area contributed by atoms with E-state index < -0.39 is 23.8 Å². The van der Waals surface area contributed by atoms with Crippen LogP contribution in [0.4, 0.5) is 5.69 Å². The van der Waals surface area contributed by atoms with Crippen LogP contribution >= 0.6 is 0 Å².